The lowest BCUT2D eigenvalue weighted by molar-refractivity contribution is -0.384. The predicted octanol–water partition coefficient (Wildman–Crippen LogP) is 2.56. The lowest BCUT2D eigenvalue weighted by Crippen LogP contribution is -2.38. The first-order valence-corrected chi connectivity index (χ1v) is 6.21. The summed E-state index contributed by atoms with van der Waals surface area (Å²) in [5.41, 5.74) is -1.27. The molecule has 0 aliphatic rings. The number of nitro groups is 1. The molecular weight excluding hydrogens is 278 g/mol. The zero-order chi connectivity index (χ0) is 16.0. The van der Waals surface area contributed by atoms with Crippen LogP contribution in [0.15, 0.2) is 30.3 Å². The van der Waals surface area contributed by atoms with Crippen molar-refractivity contribution in [2.45, 2.75) is 19.8 Å². The minimum absolute atomic E-state index is 0.0394. The molecule has 0 amide bonds. The average molecular weight is 293 g/mol. The van der Waals surface area contributed by atoms with E-state index in [-0.39, 0.29) is 18.5 Å². The lowest BCUT2D eigenvalue weighted by atomic mass is 9.81. The molecule has 7 nitrogen and oxygen atoms in total. The summed E-state index contributed by atoms with van der Waals surface area (Å²) >= 11 is 0. The van der Waals surface area contributed by atoms with E-state index in [1.165, 1.54) is 37.3 Å². The number of nitro benzene ring substituents is 1. The molecule has 7 heteroatoms. The molecule has 0 fully saturated rings. The van der Waals surface area contributed by atoms with Crippen LogP contribution in [0.25, 0.3) is 6.08 Å². The summed E-state index contributed by atoms with van der Waals surface area (Å²) in [6.07, 6.45) is 2.79. The van der Waals surface area contributed by atoms with Gasteiger partial charge in [0.1, 0.15) is 0 Å². The van der Waals surface area contributed by atoms with Crippen LogP contribution in [0.2, 0.25) is 0 Å². The van der Waals surface area contributed by atoms with Gasteiger partial charge >= 0.3 is 11.9 Å². The van der Waals surface area contributed by atoms with Gasteiger partial charge in [-0.2, -0.15) is 0 Å². The van der Waals surface area contributed by atoms with E-state index in [4.69, 9.17) is 10.2 Å². The van der Waals surface area contributed by atoms with Crippen LogP contribution in [0, 0.1) is 15.5 Å². The standard InChI is InChI=1S/C14H15NO6/c1-2-14(12(16)17,13(18)19)9-3-4-10-5-7-11(8-6-10)15(20)21/h3-8H,2,9H2,1H3,(H,16,17)(H,18,19)/b4-3+. The van der Waals surface area contributed by atoms with E-state index < -0.39 is 22.3 Å². The van der Waals surface area contributed by atoms with E-state index in [0.717, 1.165) is 0 Å². The number of carboxylic acid groups (broad SMARTS) is 2. The maximum atomic E-state index is 11.2. The van der Waals surface area contributed by atoms with Gasteiger partial charge in [-0.25, -0.2) is 0 Å². The number of aliphatic carboxylic acids is 2. The SMILES string of the molecule is CCC(C/C=C/c1ccc([N+](=O)[O-])cc1)(C(=O)O)C(=O)O. The van der Waals surface area contributed by atoms with Crippen LogP contribution in [-0.2, 0) is 9.59 Å². The largest absolute Gasteiger partial charge is 0.480 e. The van der Waals surface area contributed by atoms with Crippen LogP contribution in [0.5, 0.6) is 0 Å². The van der Waals surface area contributed by atoms with Gasteiger partial charge in [-0.15, -0.1) is 0 Å². The molecule has 0 atom stereocenters. The lowest BCUT2D eigenvalue weighted by Gasteiger charge is -2.21. The highest BCUT2D eigenvalue weighted by atomic mass is 16.6. The summed E-state index contributed by atoms with van der Waals surface area (Å²) in [5.74, 6) is -2.77. The minimum atomic E-state index is -1.85. The number of carbonyl (C=O) groups is 2. The molecule has 0 aromatic heterocycles. The highest BCUT2D eigenvalue weighted by Gasteiger charge is 2.43. The second-order valence-electron chi connectivity index (χ2n) is 4.50. The molecule has 1 aromatic rings. The van der Waals surface area contributed by atoms with Gasteiger partial charge in [0.15, 0.2) is 5.41 Å². The topological polar surface area (TPSA) is 118 Å². The molecule has 0 bridgehead atoms. The number of rotatable bonds is 7. The van der Waals surface area contributed by atoms with Gasteiger partial charge in [-0.05, 0) is 30.5 Å². The second-order valence-corrected chi connectivity index (χ2v) is 4.50. The van der Waals surface area contributed by atoms with E-state index in [2.05, 4.69) is 0 Å². The Morgan fingerprint density at radius 3 is 2.14 bits per heavy atom. The Morgan fingerprint density at radius 2 is 1.76 bits per heavy atom. The van der Waals surface area contributed by atoms with Gasteiger partial charge in [0, 0.05) is 12.1 Å². The molecule has 0 saturated heterocycles. The average Bonchev–Trinajstić information content (AvgIpc) is 2.43. The summed E-state index contributed by atoms with van der Waals surface area (Å²) in [4.78, 5) is 32.3. The Morgan fingerprint density at radius 1 is 1.24 bits per heavy atom. The molecule has 2 N–H and O–H groups in total. The van der Waals surface area contributed by atoms with Crippen molar-refractivity contribution in [1.82, 2.24) is 0 Å². The van der Waals surface area contributed by atoms with E-state index in [0.29, 0.717) is 5.56 Å². The summed E-state index contributed by atoms with van der Waals surface area (Å²) in [7, 11) is 0. The minimum Gasteiger partial charge on any atom is -0.480 e. The maximum absolute atomic E-state index is 11.2. The molecule has 0 saturated carbocycles. The van der Waals surface area contributed by atoms with Gasteiger partial charge in [0.2, 0.25) is 0 Å². The van der Waals surface area contributed by atoms with Gasteiger partial charge in [-0.3, -0.25) is 19.7 Å². The number of benzene rings is 1. The van der Waals surface area contributed by atoms with Crippen molar-refractivity contribution in [2.24, 2.45) is 5.41 Å². The maximum Gasteiger partial charge on any atom is 0.321 e. The highest BCUT2D eigenvalue weighted by molar-refractivity contribution is 5.98. The predicted molar refractivity (Wildman–Crippen MR) is 74.7 cm³/mol. The molecule has 0 aliphatic carbocycles. The molecule has 21 heavy (non-hydrogen) atoms. The number of carboxylic acids is 2. The van der Waals surface area contributed by atoms with Crippen LogP contribution in [0.1, 0.15) is 25.3 Å². The molecule has 1 aromatic carbocycles. The van der Waals surface area contributed by atoms with Crippen LogP contribution in [0.4, 0.5) is 5.69 Å². The van der Waals surface area contributed by atoms with Gasteiger partial charge in [0.05, 0.1) is 4.92 Å². The summed E-state index contributed by atoms with van der Waals surface area (Å²) in [6.45, 7) is 1.50. The third kappa shape index (κ3) is 3.65. The first kappa shape index (κ1) is 16.4. The zero-order valence-electron chi connectivity index (χ0n) is 11.4. The zero-order valence-corrected chi connectivity index (χ0v) is 11.4. The van der Waals surface area contributed by atoms with Gasteiger partial charge in [-0.1, -0.05) is 19.1 Å². The molecule has 0 spiro atoms. The third-order valence-electron chi connectivity index (χ3n) is 3.30. The number of non-ortho nitro benzene ring substituents is 1. The first-order valence-electron chi connectivity index (χ1n) is 6.21. The number of nitrogens with zero attached hydrogens (tertiary/aromatic N) is 1. The van der Waals surface area contributed by atoms with Crippen LogP contribution < -0.4 is 0 Å². The molecule has 0 heterocycles. The van der Waals surface area contributed by atoms with Crippen LogP contribution >= 0.6 is 0 Å². The Hall–Kier alpha value is -2.70. The number of hydrogen-bond donors (Lipinski definition) is 2. The Bertz CT molecular complexity index is 562. The molecule has 0 aliphatic heterocycles. The quantitative estimate of drug-likeness (QED) is 0.453. The summed E-state index contributed by atoms with van der Waals surface area (Å²) in [5, 5.41) is 28.7. The highest BCUT2D eigenvalue weighted by Crippen LogP contribution is 2.28. The number of allylic oxidation sites excluding steroid dienone is 1. The molecule has 0 radical (unpaired) electrons. The Labute approximate surface area is 120 Å². The van der Waals surface area contributed by atoms with Crippen LogP contribution in [-0.4, -0.2) is 27.1 Å². The fourth-order valence-electron chi connectivity index (χ4n) is 1.82. The normalized spacial score (nSPS) is 11.5. The van der Waals surface area contributed by atoms with E-state index in [9.17, 15) is 19.7 Å². The fourth-order valence-corrected chi connectivity index (χ4v) is 1.82. The van der Waals surface area contributed by atoms with Gasteiger partial charge in [0.25, 0.3) is 5.69 Å². The number of hydrogen-bond acceptors (Lipinski definition) is 4. The van der Waals surface area contributed by atoms with E-state index >= 15 is 0 Å². The summed E-state index contributed by atoms with van der Waals surface area (Å²) in [6, 6.07) is 5.65. The van der Waals surface area contributed by atoms with E-state index in [1.54, 1.807) is 6.08 Å². The van der Waals surface area contributed by atoms with Crippen molar-refractivity contribution >= 4 is 23.7 Å². The van der Waals surface area contributed by atoms with E-state index in [1.807, 2.05) is 0 Å². The van der Waals surface area contributed by atoms with Crippen molar-refractivity contribution < 1.29 is 24.7 Å². The van der Waals surface area contributed by atoms with Crippen molar-refractivity contribution in [3.05, 3.63) is 46.0 Å². The Balaban J connectivity index is 2.87. The van der Waals surface area contributed by atoms with Crippen molar-refractivity contribution in [1.29, 1.82) is 0 Å². The molecule has 1 rings (SSSR count). The monoisotopic (exact) mass is 293 g/mol. The van der Waals surface area contributed by atoms with Crippen molar-refractivity contribution in [3.63, 3.8) is 0 Å². The van der Waals surface area contributed by atoms with Gasteiger partial charge < -0.3 is 10.2 Å². The first-order chi connectivity index (χ1) is 9.83. The molecular formula is C14H15NO6. The fraction of sp³-hybridized carbons (Fsp3) is 0.286. The van der Waals surface area contributed by atoms with Crippen molar-refractivity contribution in [2.75, 3.05) is 0 Å². The second kappa shape index (κ2) is 6.65. The summed E-state index contributed by atoms with van der Waals surface area (Å²) < 4.78 is 0. The third-order valence-corrected chi connectivity index (χ3v) is 3.30. The van der Waals surface area contributed by atoms with Crippen molar-refractivity contribution in [3.8, 4) is 0 Å². The molecule has 112 valence electrons. The Kier molecular flexibility index (Phi) is 5.18. The molecule has 0 unspecified atom stereocenters. The van der Waals surface area contributed by atoms with Crippen LogP contribution in [0.3, 0.4) is 0 Å². The smallest absolute Gasteiger partial charge is 0.321 e.